The van der Waals surface area contributed by atoms with E-state index >= 15 is 0 Å². The van der Waals surface area contributed by atoms with Gasteiger partial charge in [-0.15, -0.1) is 0 Å². The SMILES string of the molecule is NS(=O)(=O)C1C=CC(c2cccnc2[C@H](Cc2cc(F)cc(F)c2)NC(=O)Cc2c[nH]c3ccc(O)cc23)=CC1. The number of phenolic OH excluding ortho intramolecular Hbond substituents is 1. The van der Waals surface area contributed by atoms with Gasteiger partial charge >= 0.3 is 0 Å². The van der Waals surface area contributed by atoms with Gasteiger partial charge in [0.1, 0.15) is 17.4 Å². The first-order valence-corrected chi connectivity index (χ1v) is 14.1. The summed E-state index contributed by atoms with van der Waals surface area (Å²) in [4.78, 5) is 20.9. The molecule has 1 amide bonds. The number of carbonyl (C=O) groups is 1. The van der Waals surface area contributed by atoms with Crippen LogP contribution in [0.4, 0.5) is 8.78 Å². The normalized spacial score (nSPS) is 16.1. The van der Waals surface area contributed by atoms with E-state index < -0.39 is 32.9 Å². The zero-order valence-corrected chi connectivity index (χ0v) is 22.0. The van der Waals surface area contributed by atoms with Crippen LogP contribution in [0.25, 0.3) is 16.5 Å². The number of hydrogen-bond donors (Lipinski definition) is 4. The molecule has 0 saturated heterocycles. The van der Waals surface area contributed by atoms with Crippen LogP contribution in [-0.4, -0.2) is 34.6 Å². The van der Waals surface area contributed by atoms with Crippen LogP contribution in [0, 0.1) is 11.6 Å². The minimum atomic E-state index is -3.76. The van der Waals surface area contributed by atoms with E-state index in [4.69, 9.17) is 5.14 Å². The molecule has 2 aromatic heterocycles. The molecule has 0 aliphatic heterocycles. The number of fused-ring (bicyclic) bond motifs is 1. The fourth-order valence-electron chi connectivity index (χ4n) is 4.89. The number of benzene rings is 2. The lowest BCUT2D eigenvalue weighted by atomic mass is 9.92. The molecule has 0 bridgehead atoms. The van der Waals surface area contributed by atoms with Crippen LogP contribution in [0.1, 0.15) is 34.8 Å². The molecule has 0 radical (unpaired) electrons. The van der Waals surface area contributed by atoms with Crippen molar-refractivity contribution in [1.29, 1.82) is 0 Å². The minimum absolute atomic E-state index is 0.0295. The van der Waals surface area contributed by atoms with E-state index in [0.29, 0.717) is 33.3 Å². The van der Waals surface area contributed by atoms with E-state index in [1.807, 2.05) is 0 Å². The molecule has 2 aromatic carbocycles. The third-order valence-corrected chi connectivity index (χ3v) is 7.96. The number of aromatic hydroxyl groups is 1. The summed E-state index contributed by atoms with van der Waals surface area (Å²) in [5, 5.41) is 18.0. The second kappa shape index (κ2) is 11.0. The van der Waals surface area contributed by atoms with Gasteiger partial charge in [0, 0.05) is 34.9 Å². The molecule has 0 fully saturated rings. The predicted molar refractivity (Wildman–Crippen MR) is 147 cm³/mol. The van der Waals surface area contributed by atoms with Gasteiger partial charge in [-0.3, -0.25) is 9.78 Å². The molecule has 0 saturated carbocycles. The lowest BCUT2D eigenvalue weighted by Crippen LogP contribution is -2.32. The van der Waals surface area contributed by atoms with Crippen molar-refractivity contribution >= 4 is 32.4 Å². The van der Waals surface area contributed by atoms with Crippen molar-refractivity contribution < 1.29 is 27.1 Å². The maximum Gasteiger partial charge on any atom is 0.225 e. The van der Waals surface area contributed by atoms with Crippen LogP contribution in [0.2, 0.25) is 0 Å². The number of nitrogens with two attached hydrogens (primary N) is 1. The summed E-state index contributed by atoms with van der Waals surface area (Å²) in [5.41, 5.74) is 3.49. The summed E-state index contributed by atoms with van der Waals surface area (Å²) in [5.74, 6) is -1.79. The van der Waals surface area contributed by atoms with E-state index in [-0.39, 0.29) is 30.9 Å². The van der Waals surface area contributed by atoms with E-state index in [1.165, 1.54) is 18.2 Å². The number of H-pyrrole nitrogens is 1. The molecule has 11 heteroatoms. The number of pyridine rings is 1. The highest BCUT2D eigenvalue weighted by molar-refractivity contribution is 7.89. The minimum Gasteiger partial charge on any atom is -0.508 e. The first-order chi connectivity index (χ1) is 19.1. The van der Waals surface area contributed by atoms with Gasteiger partial charge < -0.3 is 15.4 Å². The molecule has 206 valence electrons. The van der Waals surface area contributed by atoms with Crippen molar-refractivity contribution in [2.75, 3.05) is 0 Å². The van der Waals surface area contributed by atoms with Gasteiger partial charge in [-0.1, -0.05) is 24.3 Å². The number of rotatable bonds is 8. The third kappa shape index (κ3) is 6.11. The standard InChI is InChI=1S/C29H26F2N4O4S/c30-20-10-17(11-21(31)14-20)12-27(35-28(37)13-19-16-34-26-8-5-22(36)15-25(19)26)29-24(2-1-9-33-29)18-3-6-23(7-4-18)40(32,38)39/h1-6,8-11,14-16,23,27,34,36H,7,12-13H2,(H,35,37)(H2,32,38,39)/t23?,27-/m0/s1. The number of nitrogens with one attached hydrogen (secondary N) is 2. The fraction of sp³-hybridized carbons (Fsp3) is 0.172. The van der Waals surface area contributed by atoms with Crippen molar-refractivity contribution in [2.24, 2.45) is 5.14 Å². The Kier molecular flexibility index (Phi) is 7.51. The highest BCUT2D eigenvalue weighted by atomic mass is 32.2. The molecule has 5 rings (SSSR count). The zero-order valence-electron chi connectivity index (χ0n) is 21.1. The molecule has 8 nitrogen and oxygen atoms in total. The van der Waals surface area contributed by atoms with Crippen molar-refractivity contribution in [3.63, 3.8) is 0 Å². The molecule has 4 aromatic rings. The number of amides is 1. The summed E-state index contributed by atoms with van der Waals surface area (Å²) in [6.07, 6.45) is 8.28. The highest BCUT2D eigenvalue weighted by Crippen LogP contribution is 2.30. The smallest absolute Gasteiger partial charge is 0.225 e. The number of carbonyl (C=O) groups excluding carboxylic acids is 1. The van der Waals surface area contributed by atoms with Crippen molar-refractivity contribution in [3.8, 4) is 5.75 Å². The average molecular weight is 565 g/mol. The molecular weight excluding hydrogens is 538 g/mol. The Morgan fingerprint density at radius 1 is 1.18 bits per heavy atom. The van der Waals surface area contributed by atoms with Crippen LogP contribution >= 0.6 is 0 Å². The maximum atomic E-state index is 14.0. The summed E-state index contributed by atoms with van der Waals surface area (Å²) >= 11 is 0. The first-order valence-electron chi connectivity index (χ1n) is 12.5. The topological polar surface area (TPSA) is 138 Å². The zero-order chi connectivity index (χ0) is 28.4. The number of primary sulfonamides is 1. The van der Waals surface area contributed by atoms with E-state index in [0.717, 1.165) is 11.6 Å². The molecule has 0 spiro atoms. The molecular formula is C29H26F2N4O4S. The van der Waals surface area contributed by atoms with Gasteiger partial charge in [0.05, 0.1) is 23.4 Å². The van der Waals surface area contributed by atoms with Gasteiger partial charge in [0.15, 0.2) is 0 Å². The Morgan fingerprint density at radius 2 is 1.95 bits per heavy atom. The quantitative estimate of drug-likeness (QED) is 0.254. The van der Waals surface area contributed by atoms with Crippen molar-refractivity contribution in [2.45, 2.75) is 30.6 Å². The fourth-order valence-corrected chi connectivity index (χ4v) is 5.56. The molecule has 2 atom stereocenters. The molecule has 1 aliphatic rings. The number of aromatic amines is 1. The lowest BCUT2D eigenvalue weighted by Gasteiger charge is -2.23. The Hall–Kier alpha value is -4.35. The Labute approximate surface area is 229 Å². The van der Waals surface area contributed by atoms with Crippen LogP contribution in [0.5, 0.6) is 5.75 Å². The molecule has 2 heterocycles. The van der Waals surface area contributed by atoms with Crippen molar-refractivity contribution in [1.82, 2.24) is 15.3 Å². The Balaban J connectivity index is 1.48. The third-order valence-electron chi connectivity index (χ3n) is 6.76. The molecule has 5 N–H and O–H groups in total. The van der Waals surface area contributed by atoms with Crippen LogP contribution in [0.3, 0.4) is 0 Å². The lowest BCUT2D eigenvalue weighted by molar-refractivity contribution is -0.121. The van der Waals surface area contributed by atoms with Crippen molar-refractivity contribution in [3.05, 3.63) is 113 Å². The van der Waals surface area contributed by atoms with Gasteiger partial charge in [0.25, 0.3) is 0 Å². The summed E-state index contributed by atoms with van der Waals surface area (Å²) < 4.78 is 51.6. The largest absolute Gasteiger partial charge is 0.508 e. The monoisotopic (exact) mass is 564 g/mol. The summed E-state index contributed by atoms with van der Waals surface area (Å²) in [7, 11) is -3.76. The molecule has 40 heavy (non-hydrogen) atoms. The number of halogens is 2. The van der Waals surface area contributed by atoms with Gasteiger partial charge in [-0.05, 0) is 65.9 Å². The Morgan fingerprint density at radius 3 is 2.65 bits per heavy atom. The summed E-state index contributed by atoms with van der Waals surface area (Å²) in [6.45, 7) is 0. The second-order valence-electron chi connectivity index (χ2n) is 9.64. The Bertz CT molecular complexity index is 1740. The second-order valence-corrected chi connectivity index (χ2v) is 11.4. The van der Waals surface area contributed by atoms with Gasteiger partial charge in [-0.2, -0.15) is 0 Å². The van der Waals surface area contributed by atoms with E-state index in [9.17, 15) is 27.1 Å². The number of hydrogen-bond acceptors (Lipinski definition) is 5. The number of sulfonamides is 1. The number of nitrogens with zero attached hydrogens (tertiary/aromatic N) is 1. The summed E-state index contributed by atoms with van der Waals surface area (Å²) in [6, 6.07) is 10.7. The highest BCUT2D eigenvalue weighted by Gasteiger charge is 2.25. The predicted octanol–water partition coefficient (Wildman–Crippen LogP) is 4.19. The van der Waals surface area contributed by atoms with E-state index in [2.05, 4.69) is 15.3 Å². The van der Waals surface area contributed by atoms with Crippen LogP contribution in [0.15, 0.2) is 79.2 Å². The van der Waals surface area contributed by atoms with Crippen LogP contribution < -0.4 is 10.5 Å². The number of allylic oxidation sites excluding steroid dienone is 3. The maximum absolute atomic E-state index is 14.0. The number of aromatic nitrogens is 2. The van der Waals surface area contributed by atoms with Gasteiger partial charge in [0.2, 0.25) is 15.9 Å². The average Bonchev–Trinajstić information content (AvgIpc) is 3.28. The number of phenols is 1. The van der Waals surface area contributed by atoms with E-state index in [1.54, 1.807) is 54.9 Å². The first kappa shape index (κ1) is 27.2. The van der Waals surface area contributed by atoms with Crippen LogP contribution in [-0.2, 0) is 27.7 Å². The molecule has 1 aliphatic carbocycles. The van der Waals surface area contributed by atoms with Gasteiger partial charge in [-0.25, -0.2) is 22.3 Å². The molecule has 1 unspecified atom stereocenters.